The van der Waals surface area contributed by atoms with E-state index >= 15 is 0 Å². The van der Waals surface area contributed by atoms with E-state index in [0.29, 0.717) is 5.92 Å². The van der Waals surface area contributed by atoms with Crippen LogP contribution in [0.5, 0.6) is 0 Å². The van der Waals surface area contributed by atoms with E-state index in [1.54, 1.807) is 0 Å². The molecule has 1 heterocycles. The van der Waals surface area contributed by atoms with Crippen molar-refractivity contribution in [2.75, 3.05) is 0 Å². The van der Waals surface area contributed by atoms with Gasteiger partial charge in [0.15, 0.2) is 0 Å². The molecule has 0 saturated carbocycles. The molecular weight excluding hydrogens is 388 g/mol. The Morgan fingerprint density at radius 2 is 1.28 bits per heavy atom. The van der Waals surface area contributed by atoms with Gasteiger partial charge in [0.05, 0.1) is 0 Å². The normalized spacial score (nSPS) is 12.2. The molecule has 1 atom stereocenters. The third kappa shape index (κ3) is 8.65. The minimum atomic E-state index is 0.451. The molecule has 0 saturated heterocycles. The van der Waals surface area contributed by atoms with E-state index in [4.69, 9.17) is 4.98 Å². The van der Waals surface area contributed by atoms with Gasteiger partial charge in [-0.1, -0.05) is 125 Å². The van der Waals surface area contributed by atoms with E-state index < -0.39 is 0 Å². The van der Waals surface area contributed by atoms with Crippen LogP contribution >= 0.6 is 0 Å². The van der Waals surface area contributed by atoms with Crippen molar-refractivity contribution in [2.45, 2.75) is 96.4 Å². The van der Waals surface area contributed by atoms with Gasteiger partial charge in [-0.25, -0.2) is 4.98 Å². The summed E-state index contributed by atoms with van der Waals surface area (Å²) in [6.45, 7) is 3.38. The summed E-state index contributed by atoms with van der Waals surface area (Å²) in [5.74, 6) is 1.68. The highest BCUT2D eigenvalue weighted by Crippen LogP contribution is 2.25. The van der Waals surface area contributed by atoms with Crippen LogP contribution in [0.4, 0.5) is 0 Å². The van der Waals surface area contributed by atoms with Crippen molar-refractivity contribution in [1.82, 2.24) is 9.55 Å². The fourth-order valence-corrected chi connectivity index (χ4v) is 4.66. The Kier molecular flexibility index (Phi) is 11.1. The Hall–Kier alpha value is -2.35. The maximum Gasteiger partial charge on any atom is 0.109 e. The van der Waals surface area contributed by atoms with Crippen LogP contribution in [0.1, 0.15) is 94.0 Å². The molecule has 1 aromatic heterocycles. The Bertz CT molecular complexity index is 838. The molecule has 0 aliphatic heterocycles. The molecule has 0 N–H and O–H groups in total. The van der Waals surface area contributed by atoms with Gasteiger partial charge in [-0.15, -0.1) is 0 Å². The van der Waals surface area contributed by atoms with E-state index in [1.165, 1.54) is 81.2 Å². The number of hydrogen-bond acceptors (Lipinski definition) is 1. The molecule has 0 radical (unpaired) electrons. The van der Waals surface area contributed by atoms with Crippen LogP contribution in [0.2, 0.25) is 0 Å². The van der Waals surface area contributed by atoms with Crippen molar-refractivity contribution in [3.05, 3.63) is 90.0 Å². The predicted molar refractivity (Wildman–Crippen MR) is 137 cm³/mol. The smallest absolute Gasteiger partial charge is 0.109 e. The lowest BCUT2D eigenvalue weighted by molar-refractivity contribution is 0.521. The zero-order chi connectivity index (χ0) is 22.3. The molecule has 0 aliphatic rings. The highest BCUT2D eigenvalue weighted by Gasteiger charge is 2.16. The van der Waals surface area contributed by atoms with Gasteiger partial charge in [0, 0.05) is 25.4 Å². The van der Waals surface area contributed by atoms with Gasteiger partial charge in [-0.05, 0) is 29.9 Å². The lowest BCUT2D eigenvalue weighted by atomic mass is 9.89. The topological polar surface area (TPSA) is 17.8 Å². The number of unbranched alkanes of at least 4 members (excludes halogenated alkanes) is 9. The Morgan fingerprint density at radius 1 is 0.688 bits per heavy atom. The number of hydrogen-bond donors (Lipinski definition) is 0. The van der Waals surface area contributed by atoms with Crippen LogP contribution in [0.15, 0.2) is 73.1 Å². The number of aromatic nitrogens is 2. The number of imidazole rings is 1. The lowest BCUT2D eigenvalue weighted by Crippen LogP contribution is -2.12. The molecule has 1 unspecified atom stereocenters. The van der Waals surface area contributed by atoms with Crippen molar-refractivity contribution in [1.29, 1.82) is 0 Å². The van der Waals surface area contributed by atoms with Gasteiger partial charge in [-0.2, -0.15) is 0 Å². The minimum absolute atomic E-state index is 0.451. The molecule has 0 fully saturated rings. The van der Waals surface area contributed by atoms with Gasteiger partial charge in [-0.3, -0.25) is 0 Å². The fraction of sp³-hybridized carbons (Fsp3) is 0.500. The highest BCUT2D eigenvalue weighted by molar-refractivity contribution is 5.25. The highest BCUT2D eigenvalue weighted by atomic mass is 15.1. The van der Waals surface area contributed by atoms with Crippen LogP contribution in [-0.2, 0) is 19.4 Å². The van der Waals surface area contributed by atoms with Crippen LogP contribution in [-0.4, -0.2) is 9.55 Å². The Morgan fingerprint density at radius 3 is 1.94 bits per heavy atom. The first kappa shape index (κ1) is 24.3. The number of aryl methyl sites for hydroxylation is 1. The summed E-state index contributed by atoms with van der Waals surface area (Å²) < 4.78 is 2.39. The third-order valence-corrected chi connectivity index (χ3v) is 6.58. The Balaban J connectivity index is 1.46. The van der Waals surface area contributed by atoms with Crippen LogP contribution in [0.25, 0.3) is 0 Å². The molecule has 3 rings (SSSR count). The van der Waals surface area contributed by atoms with E-state index in [9.17, 15) is 0 Å². The summed E-state index contributed by atoms with van der Waals surface area (Å²) >= 11 is 0. The first-order valence-electron chi connectivity index (χ1n) is 13.0. The molecule has 2 heteroatoms. The van der Waals surface area contributed by atoms with E-state index in [-0.39, 0.29) is 0 Å². The molecule has 0 bridgehead atoms. The summed E-state index contributed by atoms with van der Waals surface area (Å²) in [5.41, 5.74) is 2.80. The second kappa shape index (κ2) is 14.7. The van der Waals surface area contributed by atoms with Crippen LogP contribution in [0, 0.1) is 0 Å². The monoisotopic (exact) mass is 430 g/mol. The SMILES string of the molecule is CCCCCCCCCCCCn1ccnc1CC(Cc1ccccc1)c1ccccc1. The minimum Gasteiger partial charge on any atom is -0.335 e. The zero-order valence-electron chi connectivity index (χ0n) is 20.1. The predicted octanol–water partition coefficient (Wildman–Crippen LogP) is 8.37. The zero-order valence-corrected chi connectivity index (χ0v) is 20.1. The average Bonchev–Trinajstić information content (AvgIpc) is 3.28. The summed E-state index contributed by atoms with van der Waals surface area (Å²) in [4.78, 5) is 4.75. The average molecular weight is 431 g/mol. The summed E-state index contributed by atoms with van der Waals surface area (Å²) in [6, 6.07) is 21.8. The van der Waals surface area contributed by atoms with E-state index in [2.05, 4.69) is 78.4 Å². The lowest BCUT2D eigenvalue weighted by Gasteiger charge is -2.18. The maximum atomic E-state index is 4.75. The number of benzene rings is 2. The second-order valence-corrected chi connectivity index (χ2v) is 9.22. The largest absolute Gasteiger partial charge is 0.335 e. The molecule has 0 aliphatic carbocycles. The second-order valence-electron chi connectivity index (χ2n) is 9.22. The Labute approximate surface area is 196 Å². The van der Waals surface area contributed by atoms with Crippen LogP contribution < -0.4 is 0 Å². The van der Waals surface area contributed by atoms with Gasteiger partial charge in [0.1, 0.15) is 5.82 Å². The molecule has 32 heavy (non-hydrogen) atoms. The number of rotatable bonds is 16. The molecule has 172 valence electrons. The third-order valence-electron chi connectivity index (χ3n) is 6.58. The summed E-state index contributed by atoms with van der Waals surface area (Å²) in [6.07, 6.45) is 20.0. The van der Waals surface area contributed by atoms with Crippen molar-refractivity contribution in [3.8, 4) is 0 Å². The molecular formula is C30H42N2. The summed E-state index contributed by atoms with van der Waals surface area (Å²) in [7, 11) is 0. The molecule has 0 amide bonds. The first-order chi connectivity index (χ1) is 15.9. The summed E-state index contributed by atoms with van der Waals surface area (Å²) in [5, 5.41) is 0. The maximum absolute atomic E-state index is 4.75. The van der Waals surface area contributed by atoms with Gasteiger partial charge >= 0.3 is 0 Å². The molecule has 0 spiro atoms. The first-order valence-corrected chi connectivity index (χ1v) is 13.0. The van der Waals surface area contributed by atoms with Crippen molar-refractivity contribution < 1.29 is 0 Å². The molecule has 2 aromatic carbocycles. The van der Waals surface area contributed by atoms with E-state index in [0.717, 1.165) is 19.4 Å². The van der Waals surface area contributed by atoms with Crippen LogP contribution in [0.3, 0.4) is 0 Å². The molecule has 2 nitrogen and oxygen atoms in total. The molecule has 3 aromatic rings. The fourth-order valence-electron chi connectivity index (χ4n) is 4.66. The van der Waals surface area contributed by atoms with Gasteiger partial charge in [0.2, 0.25) is 0 Å². The standard InChI is InChI=1S/C30H42N2/c1-2-3-4-5-6-7-8-9-10-17-23-32-24-22-31-30(32)26-29(28-20-15-12-16-21-28)25-27-18-13-11-14-19-27/h11-16,18-22,24,29H,2-10,17,23,25-26H2,1H3. The van der Waals surface area contributed by atoms with E-state index in [1.807, 2.05) is 6.20 Å². The number of nitrogens with zero attached hydrogens (tertiary/aromatic N) is 2. The van der Waals surface area contributed by atoms with Gasteiger partial charge in [0.25, 0.3) is 0 Å². The van der Waals surface area contributed by atoms with Crippen molar-refractivity contribution in [2.24, 2.45) is 0 Å². The van der Waals surface area contributed by atoms with Crippen molar-refractivity contribution in [3.63, 3.8) is 0 Å². The quantitative estimate of drug-likeness (QED) is 0.209. The van der Waals surface area contributed by atoms with Gasteiger partial charge < -0.3 is 4.57 Å². The van der Waals surface area contributed by atoms with Crippen molar-refractivity contribution >= 4 is 0 Å².